The number of carbonyl (C=O) groups excluding carboxylic acids is 2. The van der Waals surface area contributed by atoms with Crippen LogP contribution in [0.2, 0.25) is 0 Å². The highest BCUT2D eigenvalue weighted by molar-refractivity contribution is 8.00. The van der Waals surface area contributed by atoms with Crippen molar-refractivity contribution in [2.24, 2.45) is 0 Å². The molecule has 0 saturated carbocycles. The van der Waals surface area contributed by atoms with Gasteiger partial charge in [-0.25, -0.2) is 4.98 Å². The van der Waals surface area contributed by atoms with E-state index in [1.165, 1.54) is 6.07 Å². The molecule has 9 heteroatoms. The van der Waals surface area contributed by atoms with E-state index >= 15 is 0 Å². The van der Waals surface area contributed by atoms with Crippen LogP contribution in [0.15, 0.2) is 65.7 Å². The quantitative estimate of drug-likeness (QED) is 0.486. The fourth-order valence-electron chi connectivity index (χ4n) is 2.63. The van der Waals surface area contributed by atoms with Crippen LogP contribution in [-0.2, 0) is 4.79 Å². The lowest BCUT2D eigenvalue weighted by molar-refractivity contribution is -0.113. The molecule has 31 heavy (non-hydrogen) atoms. The molecule has 0 atom stereocenters. The van der Waals surface area contributed by atoms with Crippen molar-refractivity contribution in [1.29, 1.82) is 5.26 Å². The number of para-hydroxylation sites is 1. The molecule has 0 aliphatic heterocycles. The molecule has 0 radical (unpaired) electrons. The molecule has 1 heterocycles. The fraction of sp³-hybridized carbons (Fsp3) is 0.0909. The smallest absolute Gasteiger partial charge is 0.259 e. The molecule has 0 saturated heterocycles. The number of nitrogen functional groups attached to an aromatic ring is 1. The number of nitriles is 1. The first-order valence-corrected chi connectivity index (χ1v) is 10.1. The molecule has 2 amide bonds. The molecule has 3 rings (SSSR count). The number of anilines is 3. The zero-order valence-corrected chi connectivity index (χ0v) is 17.4. The maximum Gasteiger partial charge on any atom is 0.259 e. The number of methoxy groups -OCH3 is 1. The molecule has 2 aromatic carbocycles. The van der Waals surface area contributed by atoms with E-state index in [0.29, 0.717) is 17.1 Å². The van der Waals surface area contributed by atoms with Crippen LogP contribution in [0.1, 0.15) is 15.9 Å². The van der Waals surface area contributed by atoms with Gasteiger partial charge in [-0.1, -0.05) is 36.0 Å². The van der Waals surface area contributed by atoms with Crippen LogP contribution in [0.4, 0.5) is 17.2 Å². The molecule has 0 bridgehead atoms. The predicted octanol–water partition coefficient (Wildman–Crippen LogP) is 3.53. The number of nitrogens with two attached hydrogens (primary N) is 1. The van der Waals surface area contributed by atoms with Crippen molar-refractivity contribution in [3.8, 4) is 11.8 Å². The van der Waals surface area contributed by atoms with Gasteiger partial charge in [0.1, 0.15) is 22.7 Å². The number of carbonyl (C=O) groups is 2. The van der Waals surface area contributed by atoms with Crippen molar-refractivity contribution >= 4 is 40.8 Å². The topological polar surface area (TPSA) is 130 Å². The molecule has 4 N–H and O–H groups in total. The van der Waals surface area contributed by atoms with Crippen LogP contribution in [-0.4, -0.2) is 29.7 Å². The number of hydrogen-bond donors (Lipinski definition) is 3. The van der Waals surface area contributed by atoms with Gasteiger partial charge >= 0.3 is 0 Å². The fourth-order valence-corrected chi connectivity index (χ4v) is 3.40. The number of nitrogens with zero attached hydrogens (tertiary/aromatic N) is 2. The predicted molar refractivity (Wildman–Crippen MR) is 120 cm³/mol. The van der Waals surface area contributed by atoms with E-state index in [1.807, 2.05) is 12.1 Å². The minimum atomic E-state index is -0.472. The van der Waals surface area contributed by atoms with Crippen LogP contribution in [0.3, 0.4) is 0 Å². The van der Waals surface area contributed by atoms with Crippen LogP contribution < -0.4 is 21.1 Å². The Labute approximate surface area is 183 Å². The molecule has 3 aromatic rings. The SMILES string of the molecule is COc1cccc(NC(=O)CSc2nc(N)c(C(=O)Nc3ccccc3)cc2C#N)c1. The van der Waals surface area contributed by atoms with E-state index in [0.717, 1.165) is 11.8 Å². The van der Waals surface area contributed by atoms with Gasteiger partial charge in [-0.2, -0.15) is 5.26 Å². The van der Waals surface area contributed by atoms with E-state index in [2.05, 4.69) is 15.6 Å². The first kappa shape index (κ1) is 21.7. The standard InChI is InChI=1S/C22H19N5O3S/c1-30-17-9-5-8-16(11-17)25-19(28)13-31-22-14(12-23)10-18(20(24)27-22)21(29)26-15-6-3-2-4-7-15/h2-11H,13H2,1H3,(H2,24,27)(H,25,28)(H,26,29). The summed E-state index contributed by atoms with van der Waals surface area (Å²) in [7, 11) is 1.54. The third kappa shape index (κ3) is 5.74. The van der Waals surface area contributed by atoms with Crippen molar-refractivity contribution < 1.29 is 14.3 Å². The molecule has 0 spiro atoms. The first-order chi connectivity index (χ1) is 15.0. The van der Waals surface area contributed by atoms with Crippen molar-refractivity contribution in [2.45, 2.75) is 5.03 Å². The molecule has 0 fully saturated rings. The van der Waals surface area contributed by atoms with Crippen LogP contribution in [0.25, 0.3) is 0 Å². The third-order valence-electron chi connectivity index (χ3n) is 4.11. The Morgan fingerprint density at radius 2 is 1.84 bits per heavy atom. The molecular weight excluding hydrogens is 414 g/mol. The van der Waals surface area contributed by atoms with Gasteiger partial charge in [0.2, 0.25) is 5.91 Å². The van der Waals surface area contributed by atoms with E-state index in [1.54, 1.807) is 55.6 Å². The first-order valence-electron chi connectivity index (χ1n) is 9.14. The van der Waals surface area contributed by atoms with Crippen molar-refractivity contribution in [1.82, 2.24) is 4.98 Å². The number of benzene rings is 2. The van der Waals surface area contributed by atoms with Crippen molar-refractivity contribution in [3.63, 3.8) is 0 Å². The number of hydrogen-bond acceptors (Lipinski definition) is 7. The highest BCUT2D eigenvalue weighted by atomic mass is 32.2. The van der Waals surface area contributed by atoms with Gasteiger partial charge in [0, 0.05) is 17.4 Å². The summed E-state index contributed by atoms with van der Waals surface area (Å²) in [5, 5.41) is 15.2. The summed E-state index contributed by atoms with van der Waals surface area (Å²) in [5.74, 6) is -0.152. The number of ether oxygens (including phenoxy) is 1. The molecule has 0 unspecified atom stereocenters. The highest BCUT2D eigenvalue weighted by Gasteiger charge is 2.17. The minimum absolute atomic E-state index is 0.00783. The van der Waals surface area contributed by atoms with E-state index in [4.69, 9.17) is 10.5 Å². The molecular formula is C22H19N5O3S. The summed E-state index contributed by atoms with van der Waals surface area (Å²) in [5.41, 5.74) is 7.38. The lowest BCUT2D eigenvalue weighted by atomic mass is 10.2. The second-order valence-electron chi connectivity index (χ2n) is 6.27. The van der Waals surface area contributed by atoms with Crippen LogP contribution in [0.5, 0.6) is 5.75 Å². The summed E-state index contributed by atoms with van der Waals surface area (Å²) < 4.78 is 5.13. The van der Waals surface area contributed by atoms with Gasteiger partial charge in [0.25, 0.3) is 5.91 Å². The van der Waals surface area contributed by atoms with Gasteiger partial charge in [-0.15, -0.1) is 0 Å². The Kier molecular flexibility index (Phi) is 7.09. The lowest BCUT2D eigenvalue weighted by Gasteiger charge is -2.10. The number of rotatable bonds is 7. The molecule has 156 valence electrons. The zero-order valence-electron chi connectivity index (χ0n) is 16.6. The Bertz CT molecular complexity index is 1150. The molecule has 1 aromatic heterocycles. The second-order valence-corrected chi connectivity index (χ2v) is 7.24. The van der Waals surface area contributed by atoms with Crippen LogP contribution in [0, 0.1) is 11.3 Å². The minimum Gasteiger partial charge on any atom is -0.497 e. The lowest BCUT2D eigenvalue weighted by Crippen LogP contribution is -2.16. The van der Waals surface area contributed by atoms with Gasteiger partial charge < -0.3 is 21.1 Å². The summed E-state index contributed by atoms with van der Waals surface area (Å²) in [6.07, 6.45) is 0. The number of pyridine rings is 1. The summed E-state index contributed by atoms with van der Waals surface area (Å²) >= 11 is 1.06. The summed E-state index contributed by atoms with van der Waals surface area (Å²) in [6, 6.07) is 19.2. The van der Waals surface area contributed by atoms with Gasteiger partial charge in [0.15, 0.2) is 0 Å². The molecule has 0 aliphatic rings. The van der Waals surface area contributed by atoms with E-state index < -0.39 is 5.91 Å². The van der Waals surface area contributed by atoms with Crippen molar-refractivity contribution in [3.05, 3.63) is 71.8 Å². The zero-order chi connectivity index (χ0) is 22.2. The second kappa shape index (κ2) is 10.1. The third-order valence-corrected chi connectivity index (χ3v) is 5.10. The van der Waals surface area contributed by atoms with Gasteiger partial charge in [-0.3, -0.25) is 9.59 Å². The van der Waals surface area contributed by atoms with Gasteiger partial charge in [0.05, 0.1) is 24.0 Å². The Hall–Kier alpha value is -4.03. The van der Waals surface area contributed by atoms with E-state index in [9.17, 15) is 14.9 Å². The maximum atomic E-state index is 12.5. The number of nitrogens with one attached hydrogen (secondary N) is 2. The van der Waals surface area contributed by atoms with Crippen LogP contribution >= 0.6 is 11.8 Å². The summed E-state index contributed by atoms with van der Waals surface area (Å²) in [4.78, 5) is 29.0. The van der Waals surface area contributed by atoms with Crippen molar-refractivity contribution in [2.75, 3.05) is 29.2 Å². The number of aromatic nitrogens is 1. The number of thioether (sulfide) groups is 1. The number of amides is 2. The Balaban J connectivity index is 1.69. The average molecular weight is 433 g/mol. The molecule has 0 aliphatic carbocycles. The molecule has 8 nitrogen and oxygen atoms in total. The largest absolute Gasteiger partial charge is 0.497 e. The highest BCUT2D eigenvalue weighted by Crippen LogP contribution is 2.25. The average Bonchev–Trinajstić information content (AvgIpc) is 2.78. The maximum absolute atomic E-state index is 12.5. The Morgan fingerprint density at radius 3 is 2.55 bits per heavy atom. The normalized spacial score (nSPS) is 10.1. The van der Waals surface area contributed by atoms with E-state index in [-0.39, 0.29) is 33.6 Å². The van der Waals surface area contributed by atoms with Gasteiger partial charge in [-0.05, 0) is 30.3 Å². The summed E-state index contributed by atoms with van der Waals surface area (Å²) in [6.45, 7) is 0. The Morgan fingerprint density at radius 1 is 1.10 bits per heavy atom. The monoisotopic (exact) mass is 433 g/mol.